The van der Waals surface area contributed by atoms with Gasteiger partial charge < -0.3 is 5.11 Å². The second kappa shape index (κ2) is 5.93. The lowest BCUT2D eigenvalue weighted by Gasteiger charge is -2.15. The number of hydrogen-bond donors (Lipinski definition) is 2. The van der Waals surface area contributed by atoms with Crippen molar-refractivity contribution in [2.45, 2.75) is 24.3 Å². The van der Waals surface area contributed by atoms with Crippen molar-refractivity contribution in [1.29, 1.82) is 0 Å². The van der Waals surface area contributed by atoms with Crippen LogP contribution < -0.4 is 4.72 Å². The van der Waals surface area contributed by atoms with E-state index in [1.54, 1.807) is 11.8 Å². The molecule has 1 aromatic carbocycles. The fourth-order valence-electron chi connectivity index (χ4n) is 2.07. The van der Waals surface area contributed by atoms with Crippen LogP contribution in [-0.4, -0.2) is 37.0 Å². The van der Waals surface area contributed by atoms with Gasteiger partial charge in [-0.1, -0.05) is 11.6 Å². The molecule has 1 aliphatic heterocycles. The van der Waals surface area contributed by atoms with Gasteiger partial charge in [-0.05, 0) is 36.8 Å². The summed E-state index contributed by atoms with van der Waals surface area (Å²) < 4.78 is 27.3. The summed E-state index contributed by atoms with van der Waals surface area (Å²) in [4.78, 5) is 11.1. The molecule has 0 saturated carbocycles. The molecule has 1 aliphatic rings. The number of hydrogen-bond acceptors (Lipinski definition) is 4. The quantitative estimate of drug-likeness (QED) is 0.880. The monoisotopic (exact) mass is 335 g/mol. The third-order valence-electron chi connectivity index (χ3n) is 3.10. The highest BCUT2D eigenvalue weighted by Gasteiger charge is 2.26. The van der Waals surface area contributed by atoms with Gasteiger partial charge in [-0.3, -0.25) is 0 Å². The van der Waals surface area contributed by atoms with Gasteiger partial charge in [0.25, 0.3) is 0 Å². The van der Waals surface area contributed by atoms with Crippen molar-refractivity contribution in [3.63, 3.8) is 0 Å². The minimum atomic E-state index is -3.76. The van der Waals surface area contributed by atoms with E-state index in [1.165, 1.54) is 19.1 Å². The summed E-state index contributed by atoms with van der Waals surface area (Å²) in [5.41, 5.74) is 0.0960. The molecule has 5 nitrogen and oxygen atoms in total. The van der Waals surface area contributed by atoms with Crippen molar-refractivity contribution < 1.29 is 18.3 Å². The number of carbonyl (C=O) groups is 1. The summed E-state index contributed by atoms with van der Waals surface area (Å²) in [6.07, 6.45) is 0.773. The molecule has 0 aliphatic carbocycles. The second-order valence-corrected chi connectivity index (χ2v) is 7.83. The van der Waals surface area contributed by atoms with Crippen molar-refractivity contribution in [2.75, 3.05) is 11.5 Å². The Hall–Kier alpha value is -0.760. The number of aromatic carboxylic acids is 1. The molecule has 1 heterocycles. The number of benzene rings is 1. The van der Waals surface area contributed by atoms with E-state index in [2.05, 4.69) is 4.72 Å². The number of thioether (sulfide) groups is 1. The van der Waals surface area contributed by atoms with Gasteiger partial charge in [0.1, 0.15) is 0 Å². The van der Waals surface area contributed by atoms with Crippen molar-refractivity contribution in [3.05, 3.63) is 28.3 Å². The van der Waals surface area contributed by atoms with Crippen LogP contribution in [0.5, 0.6) is 0 Å². The van der Waals surface area contributed by atoms with Crippen LogP contribution in [0.15, 0.2) is 17.0 Å². The molecule has 0 spiro atoms. The van der Waals surface area contributed by atoms with E-state index in [9.17, 15) is 13.2 Å². The van der Waals surface area contributed by atoms with Gasteiger partial charge in [-0.25, -0.2) is 17.9 Å². The van der Waals surface area contributed by atoms with Gasteiger partial charge in [0, 0.05) is 16.8 Å². The van der Waals surface area contributed by atoms with Gasteiger partial charge in [0.05, 0.1) is 10.5 Å². The van der Waals surface area contributed by atoms with Crippen LogP contribution in [0.25, 0.3) is 0 Å². The zero-order valence-electron chi connectivity index (χ0n) is 10.7. The smallest absolute Gasteiger partial charge is 0.336 e. The van der Waals surface area contributed by atoms with Gasteiger partial charge in [-0.2, -0.15) is 11.8 Å². The first-order chi connectivity index (χ1) is 9.31. The third-order valence-corrected chi connectivity index (χ3v) is 6.12. The van der Waals surface area contributed by atoms with Crippen LogP contribution in [0.4, 0.5) is 0 Å². The van der Waals surface area contributed by atoms with Gasteiger partial charge in [0.2, 0.25) is 10.0 Å². The standard InChI is InChI=1S/C12H14ClNO4S2/c1-7-10(12(15)16)4-8(13)5-11(7)20(17,18)14-9-2-3-19-6-9/h4-5,9,14H,2-3,6H2,1H3,(H,15,16). The molecule has 110 valence electrons. The van der Waals surface area contributed by atoms with E-state index < -0.39 is 16.0 Å². The molecule has 1 fully saturated rings. The molecule has 0 bridgehead atoms. The minimum absolute atomic E-state index is 0.0701. The van der Waals surface area contributed by atoms with Gasteiger partial charge in [-0.15, -0.1) is 0 Å². The van der Waals surface area contributed by atoms with Crippen molar-refractivity contribution >= 4 is 39.4 Å². The Labute approximate surface area is 126 Å². The molecule has 2 N–H and O–H groups in total. The molecule has 8 heteroatoms. The van der Waals surface area contributed by atoms with Crippen LogP contribution in [0.2, 0.25) is 5.02 Å². The second-order valence-electron chi connectivity index (χ2n) is 4.56. The lowest BCUT2D eigenvalue weighted by Crippen LogP contribution is -2.35. The summed E-state index contributed by atoms with van der Waals surface area (Å²) in [5.74, 6) is 0.449. The molecule has 0 radical (unpaired) electrons. The maximum atomic E-state index is 12.4. The Kier molecular flexibility index (Phi) is 4.63. The molecule has 1 unspecified atom stereocenters. The lowest BCUT2D eigenvalue weighted by atomic mass is 10.1. The number of nitrogens with one attached hydrogen (secondary N) is 1. The molecule has 1 aromatic rings. The highest BCUT2D eigenvalue weighted by Crippen LogP contribution is 2.26. The Morgan fingerprint density at radius 3 is 2.75 bits per heavy atom. The number of carboxylic acid groups (broad SMARTS) is 1. The first kappa shape index (κ1) is 15.6. The van der Waals surface area contributed by atoms with Crippen LogP contribution in [0.1, 0.15) is 22.3 Å². The average Bonchev–Trinajstić information content (AvgIpc) is 2.83. The highest BCUT2D eigenvalue weighted by atomic mass is 35.5. The Bertz CT molecular complexity index is 639. The summed E-state index contributed by atoms with van der Waals surface area (Å²) in [6.45, 7) is 1.47. The number of halogens is 1. The number of sulfonamides is 1. The predicted molar refractivity (Wildman–Crippen MR) is 79.2 cm³/mol. The summed E-state index contributed by atoms with van der Waals surface area (Å²) >= 11 is 7.52. The fourth-order valence-corrected chi connectivity index (χ4v) is 5.17. The van der Waals surface area contributed by atoms with E-state index in [-0.39, 0.29) is 27.1 Å². The Balaban J connectivity index is 2.42. The number of carboxylic acids is 1. The lowest BCUT2D eigenvalue weighted by molar-refractivity contribution is 0.0696. The van der Waals surface area contributed by atoms with Crippen LogP contribution >= 0.6 is 23.4 Å². The van der Waals surface area contributed by atoms with E-state index in [4.69, 9.17) is 16.7 Å². The molecule has 20 heavy (non-hydrogen) atoms. The van der Waals surface area contributed by atoms with E-state index >= 15 is 0 Å². The summed E-state index contributed by atoms with van der Waals surface area (Å²) in [5, 5.41) is 9.18. The first-order valence-electron chi connectivity index (χ1n) is 5.95. The van der Waals surface area contributed by atoms with Crippen LogP contribution in [-0.2, 0) is 10.0 Å². The molecule has 0 aromatic heterocycles. The largest absolute Gasteiger partial charge is 0.478 e. The highest BCUT2D eigenvalue weighted by molar-refractivity contribution is 7.99. The van der Waals surface area contributed by atoms with E-state index in [0.29, 0.717) is 0 Å². The van der Waals surface area contributed by atoms with Crippen LogP contribution in [0.3, 0.4) is 0 Å². The average molecular weight is 336 g/mol. The molecular formula is C12H14ClNO4S2. The topological polar surface area (TPSA) is 83.5 Å². The third kappa shape index (κ3) is 3.28. The maximum absolute atomic E-state index is 12.4. The van der Waals surface area contributed by atoms with Crippen molar-refractivity contribution in [3.8, 4) is 0 Å². The fraction of sp³-hybridized carbons (Fsp3) is 0.417. The first-order valence-corrected chi connectivity index (χ1v) is 8.96. The van der Waals surface area contributed by atoms with Gasteiger partial charge in [0.15, 0.2) is 0 Å². The number of rotatable bonds is 4. The summed E-state index contributed by atoms with van der Waals surface area (Å²) in [7, 11) is -3.76. The molecule has 1 atom stereocenters. The maximum Gasteiger partial charge on any atom is 0.336 e. The Morgan fingerprint density at radius 1 is 1.50 bits per heavy atom. The zero-order chi connectivity index (χ0) is 14.9. The molecule has 1 saturated heterocycles. The van der Waals surface area contributed by atoms with E-state index in [0.717, 1.165) is 17.9 Å². The van der Waals surface area contributed by atoms with Crippen molar-refractivity contribution in [2.24, 2.45) is 0 Å². The zero-order valence-corrected chi connectivity index (χ0v) is 13.1. The summed E-state index contributed by atoms with van der Waals surface area (Å²) in [6, 6.07) is 2.42. The molecular weight excluding hydrogens is 322 g/mol. The molecule has 0 amide bonds. The van der Waals surface area contributed by atoms with Crippen LogP contribution in [0, 0.1) is 6.92 Å². The molecule has 2 rings (SSSR count). The minimum Gasteiger partial charge on any atom is -0.478 e. The predicted octanol–water partition coefficient (Wildman–Crippen LogP) is 2.13. The Morgan fingerprint density at radius 2 is 2.20 bits per heavy atom. The SMILES string of the molecule is Cc1c(C(=O)O)cc(Cl)cc1S(=O)(=O)NC1CCSC1. The van der Waals surface area contributed by atoms with Gasteiger partial charge >= 0.3 is 5.97 Å². The van der Waals surface area contributed by atoms with E-state index in [1.807, 2.05) is 0 Å². The van der Waals surface area contributed by atoms with Crippen molar-refractivity contribution in [1.82, 2.24) is 4.72 Å². The normalized spacial score (nSPS) is 19.2.